The molecule has 4 rings (SSSR count). The predicted molar refractivity (Wildman–Crippen MR) is 86.1 cm³/mol. The van der Waals surface area contributed by atoms with Crippen molar-refractivity contribution in [1.82, 2.24) is 0 Å². The molecule has 2 heteroatoms. The summed E-state index contributed by atoms with van der Waals surface area (Å²) >= 11 is 0. The smallest absolute Gasteiger partial charge is 0.120 e. The summed E-state index contributed by atoms with van der Waals surface area (Å²) in [5, 5.41) is 3.59. The van der Waals surface area contributed by atoms with Crippen molar-refractivity contribution in [2.45, 2.75) is 44.2 Å². The van der Waals surface area contributed by atoms with Gasteiger partial charge in [0, 0.05) is 17.6 Å². The van der Waals surface area contributed by atoms with Crippen LogP contribution in [0.1, 0.15) is 43.2 Å². The minimum absolute atomic E-state index is 0.458. The van der Waals surface area contributed by atoms with Gasteiger partial charge in [-0.15, -0.1) is 0 Å². The molecule has 2 aromatic carbocycles. The third-order valence-corrected chi connectivity index (χ3v) is 4.41. The van der Waals surface area contributed by atoms with Gasteiger partial charge in [0.15, 0.2) is 0 Å². The van der Waals surface area contributed by atoms with Crippen molar-refractivity contribution in [3.05, 3.63) is 59.7 Å². The Bertz CT molecular complexity index is 648. The zero-order chi connectivity index (χ0) is 14.2. The maximum absolute atomic E-state index is 5.96. The van der Waals surface area contributed by atoms with E-state index in [1.807, 2.05) is 0 Å². The summed E-state index contributed by atoms with van der Waals surface area (Å²) in [6.07, 6.45) is 4.00. The van der Waals surface area contributed by atoms with E-state index < -0.39 is 0 Å². The summed E-state index contributed by atoms with van der Waals surface area (Å²) in [5.74, 6) is 1.49. The van der Waals surface area contributed by atoms with E-state index in [1.165, 1.54) is 29.7 Å². The van der Waals surface area contributed by atoms with E-state index in [0.29, 0.717) is 18.1 Å². The number of fused-ring (bicyclic) bond motifs is 1. The minimum atomic E-state index is 0.458. The van der Waals surface area contributed by atoms with Gasteiger partial charge in [0.25, 0.3) is 0 Å². The molecule has 2 atom stereocenters. The lowest BCUT2D eigenvalue weighted by Crippen LogP contribution is -2.25. The molecule has 2 unspecified atom stereocenters. The number of anilines is 1. The number of benzene rings is 2. The Morgan fingerprint density at radius 3 is 2.76 bits per heavy atom. The topological polar surface area (TPSA) is 21.3 Å². The lowest BCUT2D eigenvalue weighted by Gasteiger charge is -2.31. The van der Waals surface area contributed by atoms with Gasteiger partial charge in [0.05, 0.1) is 6.10 Å². The first-order valence-corrected chi connectivity index (χ1v) is 7.91. The van der Waals surface area contributed by atoms with Gasteiger partial charge in [0.1, 0.15) is 5.75 Å². The van der Waals surface area contributed by atoms with Gasteiger partial charge >= 0.3 is 0 Å². The van der Waals surface area contributed by atoms with Crippen LogP contribution >= 0.6 is 0 Å². The summed E-state index contributed by atoms with van der Waals surface area (Å²) in [7, 11) is 0. The Kier molecular flexibility index (Phi) is 3.10. The van der Waals surface area contributed by atoms with E-state index in [-0.39, 0.29) is 0 Å². The summed E-state index contributed by atoms with van der Waals surface area (Å²) in [6.45, 7) is 2.26. The summed E-state index contributed by atoms with van der Waals surface area (Å²) in [6, 6.07) is 17.8. The molecule has 0 spiro atoms. The summed E-state index contributed by atoms with van der Waals surface area (Å²) in [5.41, 5.74) is 4.04. The predicted octanol–water partition coefficient (Wildman–Crippen LogP) is 4.56. The van der Waals surface area contributed by atoms with Crippen LogP contribution in [0.25, 0.3) is 0 Å². The summed E-state index contributed by atoms with van der Waals surface area (Å²) < 4.78 is 5.96. The van der Waals surface area contributed by atoms with Crippen molar-refractivity contribution in [2.24, 2.45) is 0 Å². The van der Waals surface area contributed by atoms with Crippen molar-refractivity contribution in [1.29, 1.82) is 0 Å². The molecular formula is C19H21NO. The van der Waals surface area contributed by atoms with Gasteiger partial charge in [-0.25, -0.2) is 0 Å². The average Bonchev–Trinajstić information content (AvgIpc) is 3.30. The quantitative estimate of drug-likeness (QED) is 0.889. The van der Waals surface area contributed by atoms with Crippen LogP contribution in [0.4, 0.5) is 5.69 Å². The van der Waals surface area contributed by atoms with E-state index in [2.05, 4.69) is 60.8 Å². The third-order valence-electron chi connectivity index (χ3n) is 4.41. The molecular weight excluding hydrogens is 258 g/mol. The van der Waals surface area contributed by atoms with E-state index >= 15 is 0 Å². The van der Waals surface area contributed by atoms with Crippen LogP contribution in [0.5, 0.6) is 5.75 Å². The van der Waals surface area contributed by atoms with Crippen molar-refractivity contribution in [2.75, 3.05) is 5.32 Å². The Balaban J connectivity index is 1.69. The number of hydrogen-bond acceptors (Lipinski definition) is 2. The fraction of sp³-hybridized carbons (Fsp3) is 0.368. The largest absolute Gasteiger partial charge is 0.490 e. The monoisotopic (exact) mass is 279 g/mol. The molecule has 108 valence electrons. The van der Waals surface area contributed by atoms with Gasteiger partial charge in [0.2, 0.25) is 0 Å². The van der Waals surface area contributed by atoms with Crippen LogP contribution in [-0.4, -0.2) is 12.1 Å². The number of hydrogen-bond donors (Lipinski definition) is 1. The molecule has 1 N–H and O–H groups in total. The molecule has 21 heavy (non-hydrogen) atoms. The Morgan fingerprint density at radius 1 is 1.05 bits per heavy atom. The summed E-state index contributed by atoms with van der Waals surface area (Å²) in [4.78, 5) is 0. The molecule has 0 amide bonds. The molecule has 1 fully saturated rings. The van der Waals surface area contributed by atoms with Crippen molar-refractivity contribution in [3.63, 3.8) is 0 Å². The second kappa shape index (κ2) is 5.10. The molecule has 2 aromatic rings. The standard InChI is InChI=1S/C19H21NO/c1-13-11-18(17-7-2-3-8-19(17)20-13)14-5-4-6-16(12-14)21-15-9-10-15/h2-8,12-13,15,18,20H,9-11H2,1H3. The number of rotatable bonds is 3. The van der Waals surface area contributed by atoms with E-state index in [9.17, 15) is 0 Å². The molecule has 0 bridgehead atoms. The Morgan fingerprint density at radius 2 is 1.90 bits per heavy atom. The molecule has 0 radical (unpaired) electrons. The molecule has 1 aliphatic carbocycles. The minimum Gasteiger partial charge on any atom is -0.490 e. The second-order valence-corrected chi connectivity index (χ2v) is 6.31. The number of para-hydroxylation sites is 1. The fourth-order valence-corrected chi connectivity index (χ4v) is 3.24. The highest BCUT2D eigenvalue weighted by molar-refractivity contribution is 5.58. The zero-order valence-corrected chi connectivity index (χ0v) is 12.4. The average molecular weight is 279 g/mol. The Labute approximate surface area is 126 Å². The van der Waals surface area contributed by atoms with E-state index in [0.717, 1.165) is 12.2 Å². The van der Waals surface area contributed by atoms with Crippen molar-refractivity contribution < 1.29 is 4.74 Å². The maximum atomic E-state index is 5.96. The first kappa shape index (κ1) is 12.8. The molecule has 1 saturated carbocycles. The van der Waals surface area contributed by atoms with E-state index in [1.54, 1.807) is 0 Å². The van der Waals surface area contributed by atoms with Crippen LogP contribution in [0.2, 0.25) is 0 Å². The van der Waals surface area contributed by atoms with Crippen LogP contribution in [0.15, 0.2) is 48.5 Å². The van der Waals surface area contributed by atoms with Crippen LogP contribution < -0.4 is 10.1 Å². The van der Waals surface area contributed by atoms with Crippen LogP contribution in [0, 0.1) is 0 Å². The molecule has 2 aliphatic rings. The molecule has 1 heterocycles. The van der Waals surface area contributed by atoms with Gasteiger partial charge < -0.3 is 10.1 Å². The number of ether oxygens (including phenoxy) is 1. The van der Waals surface area contributed by atoms with Crippen LogP contribution in [0.3, 0.4) is 0 Å². The lowest BCUT2D eigenvalue weighted by molar-refractivity contribution is 0.302. The van der Waals surface area contributed by atoms with Gasteiger partial charge in [-0.2, -0.15) is 0 Å². The van der Waals surface area contributed by atoms with Gasteiger partial charge in [-0.3, -0.25) is 0 Å². The van der Waals surface area contributed by atoms with Crippen LogP contribution in [-0.2, 0) is 0 Å². The first-order valence-electron chi connectivity index (χ1n) is 7.91. The SMILES string of the molecule is CC1CC(c2cccc(OC3CC3)c2)c2ccccc2N1. The van der Waals surface area contributed by atoms with Gasteiger partial charge in [-0.05, 0) is 55.5 Å². The zero-order valence-electron chi connectivity index (χ0n) is 12.4. The second-order valence-electron chi connectivity index (χ2n) is 6.31. The highest BCUT2D eigenvalue weighted by Crippen LogP contribution is 2.39. The highest BCUT2D eigenvalue weighted by Gasteiger charge is 2.27. The van der Waals surface area contributed by atoms with Gasteiger partial charge in [-0.1, -0.05) is 30.3 Å². The maximum Gasteiger partial charge on any atom is 0.120 e. The molecule has 2 nitrogen and oxygen atoms in total. The van der Waals surface area contributed by atoms with Crippen molar-refractivity contribution >= 4 is 5.69 Å². The molecule has 0 saturated heterocycles. The lowest BCUT2D eigenvalue weighted by atomic mass is 9.82. The molecule has 1 aliphatic heterocycles. The Hall–Kier alpha value is -1.96. The molecule has 0 aromatic heterocycles. The van der Waals surface area contributed by atoms with Crippen molar-refractivity contribution in [3.8, 4) is 5.75 Å². The third kappa shape index (κ3) is 2.63. The normalized spacial score (nSPS) is 24.0. The number of nitrogens with one attached hydrogen (secondary N) is 1. The highest BCUT2D eigenvalue weighted by atomic mass is 16.5. The van der Waals surface area contributed by atoms with E-state index in [4.69, 9.17) is 4.74 Å². The first-order chi connectivity index (χ1) is 10.3. The fourth-order valence-electron chi connectivity index (χ4n) is 3.24.